The monoisotopic (exact) mass is 425 g/mol. The van der Waals surface area contributed by atoms with Crippen LogP contribution in [-0.4, -0.2) is 53.3 Å². The molecule has 1 heterocycles. The molecule has 3 aliphatic rings. The van der Waals surface area contributed by atoms with Crippen LogP contribution in [0.1, 0.15) is 81.1 Å². The molecule has 3 fully saturated rings. The predicted molar refractivity (Wildman–Crippen MR) is 112 cm³/mol. The highest BCUT2D eigenvalue weighted by Gasteiger charge is 2.55. The molecular weight excluding hydrogens is 386 g/mol. The number of rotatable bonds is 1. The fourth-order valence-corrected chi connectivity index (χ4v) is 4.74. The average molecular weight is 426 g/mol. The largest absolute Gasteiger partial charge is 0.443 e. The summed E-state index contributed by atoms with van der Waals surface area (Å²) < 4.78 is 23.4. The van der Waals surface area contributed by atoms with E-state index in [0.29, 0.717) is 25.0 Å². The highest BCUT2D eigenvalue weighted by molar-refractivity contribution is 5.88. The molecule has 0 aromatic heterocycles. The second-order valence-corrected chi connectivity index (χ2v) is 12.0. The standard InChI is InChI=1S/C23H39NO6/c1-20(2,3)29-18(25)24(19(26)30-21(4,5)6)17-9-15-11-23(12-16(15)10-17)27-13-22(7,8)14-28-23/h15-17H,9-14H2,1-8H3/t15-,16+,17?. The zero-order valence-electron chi connectivity index (χ0n) is 19.9. The van der Waals surface area contributed by atoms with Crippen LogP contribution in [0.25, 0.3) is 0 Å². The first-order valence-electron chi connectivity index (χ1n) is 11.1. The molecular formula is C23H39NO6. The average Bonchev–Trinajstić information content (AvgIpc) is 3.03. The second kappa shape index (κ2) is 7.66. The van der Waals surface area contributed by atoms with Crippen LogP contribution >= 0.6 is 0 Å². The number of hydrogen-bond donors (Lipinski definition) is 0. The molecule has 0 N–H and O–H groups in total. The first kappa shape index (κ1) is 23.3. The maximum atomic E-state index is 12.9. The van der Waals surface area contributed by atoms with E-state index in [2.05, 4.69) is 13.8 Å². The number of hydrogen-bond acceptors (Lipinski definition) is 6. The van der Waals surface area contributed by atoms with Gasteiger partial charge in [0.15, 0.2) is 5.79 Å². The summed E-state index contributed by atoms with van der Waals surface area (Å²) in [5, 5.41) is 0. The minimum Gasteiger partial charge on any atom is -0.443 e. The normalized spacial score (nSPS) is 30.1. The summed E-state index contributed by atoms with van der Waals surface area (Å²) in [6.07, 6.45) is 1.79. The second-order valence-electron chi connectivity index (χ2n) is 12.0. The number of nitrogens with zero attached hydrogens (tertiary/aromatic N) is 1. The molecule has 0 radical (unpaired) electrons. The minimum atomic E-state index is -0.688. The number of amides is 2. The molecule has 7 nitrogen and oxygen atoms in total. The van der Waals surface area contributed by atoms with Crippen molar-refractivity contribution in [2.24, 2.45) is 17.3 Å². The van der Waals surface area contributed by atoms with Gasteiger partial charge in [-0.15, -0.1) is 0 Å². The van der Waals surface area contributed by atoms with Crippen molar-refractivity contribution in [2.75, 3.05) is 13.2 Å². The Kier molecular flexibility index (Phi) is 5.96. The quantitative estimate of drug-likeness (QED) is 0.581. The van der Waals surface area contributed by atoms with Crippen LogP contribution in [0.3, 0.4) is 0 Å². The predicted octanol–water partition coefficient (Wildman–Crippen LogP) is 5.12. The smallest absolute Gasteiger partial charge is 0.420 e. The third-order valence-corrected chi connectivity index (χ3v) is 5.96. The summed E-state index contributed by atoms with van der Waals surface area (Å²) in [7, 11) is 0. The van der Waals surface area contributed by atoms with Gasteiger partial charge in [-0.05, 0) is 66.2 Å². The van der Waals surface area contributed by atoms with Gasteiger partial charge in [-0.1, -0.05) is 13.8 Å². The lowest BCUT2D eigenvalue weighted by atomic mass is 9.94. The number of imide groups is 1. The van der Waals surface area contributed by atoms with E-state index in [9.17, 15) is 9.59 Å². The Bertz CT molecular complexity index is 620. The third kappa shape index (κ3) is 5.47. The topological polar surface area (TPSA) is 74.3 Å². The van der Waals surface area contributed by atoms with E-state index < -0.39 is 29.2 Å². The summed E-state index contributed by atoms with van der Waals surface area (Å²) in [5.41, 5.74) is -1.34. The highest BCUT2D eigenvalue weighted by atomic mass is 16.7. The van der Waals surface area contributed by atoms with Crippen LogP contribution in [0.15, 0.2) is 0 Å². The lowest BCUT2D eigenvalue weighted by Gasteiger charge is -2.42. The molecule has 0 aromatic rings. The SMILES string of the molecule is CC1(C)COC2(C[C@H]3CC(N(C(=O)OC(C)(C)C)C(=O)OC(C)(C)C)C[C@H]3C2)OC1. The van der Waals surface area contributed by atoms with Gasteiger partial charge in [-0.25, -0.2) is 14.5 Å². The number of carbonyl (C=O) groups excluding carboxylic acids is 2. The Labute approximate surface area is 180 Å². The molecule has 172 valence electrons. The van der Waals surface area contributed by atoms with Crippen molar-refractivity contribution in [3.05, 3.63) is 0 Å². The van der Waals surface area contributed by atoms with Crippen molar-refractivity contribution in [1.29, 1.82) is 0 Å². The van der Waals surface area contributed by atoms with Crippen LogP contribution < -0.4 is 0 Å². The highest BCUT2D eigenvalue weighted by Crippen LogP contribution is 2.53. The number of fused-ring (bicyclic) bond motifs is 1. The molecule has 0 aromatic carbocycles. The van der Waals surface area contributed by atoms with Crippen LogP contribution in [0.4, 0.5) is 9.59 Å². The molecule has 1 unspecified atom stereocenters. The molecule has 7 heteroatoms. The third-order valence-electron chi connectivity index (χ3n) is 5.96. The van der Waals surface area contributed by atoms with Gasteiger partial charge in [-0.2, -0.15) is 0 Å². The summed E-state index contributed by atoms with van der Waals surface area (Å²) in [5.74, 6) is 0.200. The van der Waals surface area contributed by atoms with Gasteiger partial charge in [0.2, 0.25) is 0 Å². The Morgan fingerprint density at radius 2 is 1.23 bits per heavy atom. The van der Waals surface area contributed by atoms with Gasteiger partial charge in [0.1, 0.15) is 11.2 Å². The van der Waals surface area contributed by atoms with Crippen LogP contribution in [0.2, 0.25) is 0 Å². The summed E-state index contributed by atoms with van der Waals surface area (Å²) in [6.45, 7) is 16.4. The van der Waals surface area contributed by atoms with Crippen molar-refractivity contribution < 1.29 is 28.5 Å². The van der Waals surface area contributed by atoms with Crippen molar-refractivity contribution in [3.8, 4) is 0 Å². The van der Waals surface area contributed by atoms with E-state index in [1.54, 1.807) is 41.5 Å². The minimum absolute atomic E-state index is 0.0374. The molecule has 1 spiro atoms. The molecule has 2 amide bonds. The molecule has 2 saturated carbocycles. The summed E-state index contributed by atoms with van der Waals surface area (Å²) >= 11 is 0. The Morgan fingerprint density at radius 1 is 0.833 bits per heavy atom. The van der Waals surface area contributed by atoms with E-state index in [1.807, 2.05) is 0 Å². The van der Waals surface area contributed by atoms with E-state index >= 15 is 0 Å². The van der Waals surface area contributed by atoms with E-state index in [1.165, 1.54) is 4.90 Å². The van der Waals surface area contributed by atoms with E-state index in [0.717, 1.165) is 25.7 Å². The molecule has 30 heavy (non-hydrogen) atoms. The van der Waals surface area contributed by atoms with E-state index in [-0.39, 0.29) is 11.5 Å². The van der Waals surface area contributed by atoms with Crippen molar-refractivity contribution in [1.82, 2.24) is 4.90 Å². The fourth-order valence-electron chi connectivity index (χ4n) is 4.74. The van der Waals surface area contributed by atoms with Gasteiger partial charge in [-0.3, -0.25) is 0 Å². The van der Waals surface area contributed by atoms with Crippen LogP contribution in [-0.2, 0) is 18.9 Å². The number of carbonyl (C=O) groups is 2. The van der Waals surface area contributed by atoms with Gasteiger partial charge in [0.05, 0.1) is 13.2 Å². The maximum Gasteiger partial charge on any atom is 0.420 e. The lowest BCUT2D eigenvalue weighted by Crippen LogP contribution is -2.49. The zero-order valence-corrected chi connectivity index (χ0v) is 19.9. The van der Waals surface area contributed by atoms with Gasteiger partial charge in [0.25, 0.3) is 0 Å². The maximum absolute atomic E-state index is 12.9. The first-order chi connectivity index (χ1) is 13.6. The van der Waals surface area contributed by atoms with Crippen LogP contribution in [0.5, 0.6) is 0 Å². The Hall–Kier alpha value is -1.34. The Morgan fingerprint density at radius 3 is 1.60 bits per heavy atom. The molecule has 3 rings (SSSR count). The van der Waals surface area contributed by atoms with E-state index in [4.69, 9.17) is 18.9 Å². The Balaban J connectivity index is 1.70. The summed E-state index contributed by atoms with van der Waals surface area (Å²) in [4.78, 5) is 27.0. The summed E-state index contributed by atoms with van der Waals surface area (Å²) in [6, 6.07) is -0.234. The zero-order chi connectivity index (χ0) is 22.5. The molecule has 2 aliphatic carbocycles. The van der Waals surface area contributed by atoms with Gasteiger partial charge >= 0.3 is 12.2 Å². The van der Waals surface area contributed by atoms with Crippen molar-refractivity contribution in [3.63, 3.8) is 0 Å². The number of ether oxygens (including phenoxy) is 4. The fraction of sp³-hybridized carbons (Fsp3) is 0.913. The first-order valence-corrected chi connectivity index (χ1v) is 11.1. The lowest BCUT2D eigenvalue weighted by molar-refractivity contribution is -0.297. The molecule has 3 atom stereocenters. The molecule has 0 bridgehead atoms. The van der Waals surface area contributed by atoms with Crippen molar-refractivity contribution >= 4 is 12.2 Å². The van der Waals surface area contributed by atoms with Crippen molar-refractivity contribution in [2.45, 2.75) is 104 Å². The molecule has 1 aliphatic heterocycles. The van der Waals surface area contributed by atoms with Gasteiger partial charge < -0.3 is 18.9 Å². The van der Waals surface area contributed by atoms with Crippen LogP contribution in [0, 0.1) is 17.3 Å². The molecule has 1 saturated heterocycles. The van der Waals surface area contributed by atoms with Gasteiger partial charge in [0, 0.05) is 24.3 Å².